The Kier molecular flexibility index (Phi) is 5.94. The van der Waals surface area contributed by atoms with E-state index in [2.05, 4.69) is 10.4 Å². The van der Waals surface area contributed by atoms with Crippen molar-refractivity contribution in [2.45, 2.75) is 18.9 Å². The van der Waals surface area contributed by atoms with E-state index in [9.17, 15) is 0 Å². The van der Waals surface area contributed by atoms with Crippen LogP contribution in [0.5, 0.6) is 5.75 Å². The molecule has 0 aliphatic carbocycles. The standard InChI is InChI=1S/C21H22N4O2S/c1-26-18-8-6-17(7-9-18)20-15-28-21(23-14-19-5-3-11-27-19)25(20)24-13-16-4-2-10-22-12-16/h2,4,6-10,12-13,15,19H,3,5,11,14H2,1H3/b23-21?,24-13-/t19-/m0/s1. The molecule has 3 aromatic rings. The molecule has 2 aromatic heterocycles. The fourth-order valence-electron chi connectivity index (χ4n) is 3.02. The molecule has 0 N–H and O–H groups in total. The summed E-state index contributed by atoms with van der Waals surface area (Å²) in [5.41, 5.74) is 2.98. The molecule has 1 saturated heterocycles. The lowest BCUT2D eigenvalue weighted by Gasteiger charge is -2.06. The molecule has 144 valence electrons. The van der Waals surface area contributed by atoms with Crippen molar-refractivity contribution in [3.63, 3.8) is 0 Å². The molecule has 0 unspecified atom stereocenters. The van der Waals surface area contributed by atoms with Crippen LogP contribution in [0.4, 0.5) is 0 Å². The quantitative estimate of drug-likeness (QED) is 0.601. The van der Waals surface area contributed by atoms with E-state index < -0.39 is 0 Å². The number of ether oxygens (including phenoxy) is 2. The molecular formula is C21H22N4O2S. The van der Waals surface area contributed by atoms with Crippen molar-refractivity contribution in [2.75, 3.05) is 20.3 Å². The van der Waals surface area contributed by atoms with Gasteiger partial charge in [-0.05, 0) is 43.2 Å². The maximum atomic E-state index is 5.70. The van der Waals surface area contributed by atoms with E-state index in [-0.39, 0.29) is 6.10 Å². The first kappa shape index (κ1) is 18.6. The topological polar surface area (TPSA) is 61.0 Å². The Balaban J connectivity index is 1.70. The summed E-state index contributed by atoms with van der Waals surface area (Å²) in [6.07, 6.45) is 7.73. The van der Waals surface area contributed by atoms with Crippen LogP contribution in [0, 0.1) is 0 Å². The predicted molar refractivity (Wildman–Crippen MR) is 111 cm³/mol. The van der Waals surface area contributed by atoms with Gasteiger partial charge in [0.15, 0.2) is 0 Å². The first-order valence-corrected chi connectivity index (χ1v) is 10.1. The molecule has 28 heavy (non-hydrogen) atoms. The van der Waals surface area contributed by atoms with Gasteiger partial charge >= 0.3 is 0 Å². The summed E-state index contributed by atoms with van der Waals surface area (Å²) in [7, 11) is 1.67. The number of pyridine rings is 1. The minimum absolute atomic E-state index is 0.210. The van der Waals surface area contributed by atoms with Gasteiger partial charge in [0, 0.05) is 35.5 Å². The van der Waals surface area contributed by atoms with Crippen LogP contribution in [-0.4, -0.2) is 42.2 Å². The predicted octanol–water partition coefficient (Wildman–Crippen LogP) is 3.58. The zero-order valence-corrected chi connectivity index (χ0v) is 16.5. The summed E-state index contributed by atoms with van der Waals surface area (Å²) < 4.78 is 12.9. The van der Waals surface area contributed by atoms with Gasteiger partial charge < -0.3 is 9.47 Å². The Bertz CT molecular complexity index is 987. The lowest BCUT2D eigenvalue weighted by Crippen LogP contribution is -2.17. The second-order valence-electron chi connectivity index (χ2n) is 6.45. The van der Waals surface area contributed by atoms with Crippen LogP contribution >= 0.6 is 11.3 Å². The molecular weight excluding hydrogens is 372 g/mol. The fourth-order valence-corrected chi connectivity index (χ4v) is 3.87. The van der Waals surface area contributed by atoms with E-state index in [0.29, 0.717) is 6.54 Å². The van der Waals surface area contributed by atoms with Gasteiger partial charge in [-0.3, -0.25) is 9.98 Å². The third-order valence-corrected chi connectivity index (χ3v) is 5.39. The SMILES string of the molecule is COc1ccc(-c2csc(=NC[C@@H]3CCCO3)n2/N=C\c2cccnc2)cc1. The van der Waals surface area contributed by atoms with Gasteiger partial charge in [-0.15, -0.1) is 11.3 Å². The summed E-state index contributed by atoms with van der Waals surface area (Å²) in [6, 6.07) is 11.8. The molecule has 6 nitrogen and oxygen atoms in total. The van der Waals surface area contributed by atoms with E-state index in [4.69, 9.17) is 19.6 Å². The maximum Gasteiger partial charge on any atom is 0.206 e. The average Bonchev–Trinajstić information content (AvgIpc) is 3.41. The lowest BCUT2D eigenvalue weighted by atomic mass is 10.2. The largest absolute Gasteiger partial charge is 0.497 e. The molecule has 4 rings (SSSR count). The molecule has 1 fully saturated rings. The van der Waals surface area contributed by atoms with Crippen LogP contribution in [0.1, 0.15) is 18.4 Å². The number of hydrogen-bond donors (Lipinski definition) is 0. The summed E-state index contributed by atoms with van der Waals surface area (Å²) in [4.78, 5) is 9.77. The zero-order valence-electron chi connectivity index (χ0n) is 15.7. The summed E-state index contributed by atoms with van der Waals surface area (Å²) in [6.45, 7) is 1.49. The summed E-state index contributed by atoms with van der Waals surface area (Å²) in [5, 5.41) is 6.78. The van der Waals surface area contributed by atoms with E-state index >= 15 is 0 Å². The van der Waals surface area contributed by atoms with Crippen LogP contribution in [0.15, 0.2) is 64.3 Å². The first-order valence-electron chi connectivity index (χ1n) is 9.25. The molecule has 0 saturated carbocycles. The van der Waals surface area contributed by atoms with Crippen molar-refractivity contribution in [1.82, 2.24) is 9.66 Å². The minimum Gasteiger partial charge on any atom is -0.497 e. The molecule has 1 aliphatic heterocycles. The molecule has 0 spiro atoms. The van der Waals surface area contributed by atoms with Crippen molar-refractivity contribution in [3.8, 4) is 17.0 Å². The second-order valence-corrected chi connectivity index (χ2v) is 7.29. The summed E-state index contributed by atoms with van der Waals surface area (Å²) >= 11 is 1.58. The highest BCUT2D eigenvalue weighted by atomic mass is 32.1. The Hall–Kier alpha value is -2.77. The van der Waals surface area contributed by atoms with Gasteiger partial charge in [0.2, 0.25) is 4.80 Å². The number of hydrogen-bond acceptors (Lipinski definition) is 6. The molecule has 0 amide bonds. The van der Waals surface area contributed by atoms with E-state index in [1.165, 1.54) is 0 Å². The minimum atomic E-state index is 0.210. The highest BCUT2D eigenvalue weighted by Gasteiger charge is 2.15. The van der Waals surface area contributed by atoms with E-state index in [1.807, 2.05) is 41.1 Å². The molecule has 0 radical (unpaired) electrons. The molecule has 7 heteroatoms. The van der Waals surface area contributed by atoms with E-state index in [1.54, 1.807) is 37.1 Å². The van der Waals surface area contributed by atoms with E-state index in [0.717, 1.165) is 46.8 Å². The fraction of sp³-hybridized carbons (Fsp3) is 0.286. The molecule has 1 atom stereocenters. The van der Waals surface area contributed by atoms with Crippen LogP contribution < -0.4 is 9.54 Å². The molecule has 1 aromatic carbocycles. The van der Waals surface area contributed by atoms with Gasteiger partial charge in [-0.25, -0.2) is 4.68 Å². The Labute approximate surface area is 167 Å². The van der Waals surface area contributed by atoms with Crippen molar-refractivity contribution < 1.29 is 9.47 Å². The van der Waals surface area contributed by atoms with Crippen LogP contribution in [-0.2, 0) is 4.74 Å². The number of methoxy groups -OCH3 is 1. The van der Waals surface area contributed by atoms with Crippen molar-refractivity contribution >= 4 is 17.6 Å². The third-order valence-electron chi connectivity index (χ3n) is 4.53. The lowest BCUT2D eigenvalue weighted by molar-refractivity contribution is 0.117. The van der Waals surface area contributed by atoms with Crippen LogP contribution in [0.3, 0.4) is 0 Å². The van der Waals surface area contributed by atoms with Gasteiger partial charge in [0.1, 0.15) is 5.75 Å². The Morgan fingerprint density at radius 1 is 1.32 bits per heavy atom. The average molecular weight is 394 g/mol. The highest BCUT2D eigenvalue weighted by Crippen LogP contribution is 2.23. The maximum absolute atomic E-state index is 5.70. The van der Waals surface area contributed by atoms with Crippen LogP contribution in [0.25, 0.3) is 11.3 Å². The third kappa shape index (κ3) is 4.37. The normalized spacial score (nSPS) is 17.5. The number of nitrogens with zero attached hydrogens (tertiary/aromatic N) is 4. The Morgan fingerprint density at radius 2 is 2.21 bits per heavy atom. The molecule has 1 aliphatic rings. The smallest absolute Gasteiger partial charge is 0.206 e. The summed E-state index contributed by atoms with van der Waals surface area (Å²) in [5.74, 6) is 0.827. The van der Waals surface area contributed by atoms with Crippen molar-refractivity contribution in [3.05, 3.63) is 64.5 Å². The first-order chi connectivity index (χ1) is 13.8. The number of thiazole rings is 1. The van der Waals surface area contributed by atoms with Gasteiger partial charge in [0.05, 0.1) is 31.7 Å². The highest BCUT2D eigenvalue weighted by molar-refractivity contribution is 7.07. The number of aromatic nitrogens is 2. The number of rotatable bonds is 6. The number of benzene rings is 1. The van der Waals surface area contributed by atoms with Crippen molar-refractivity contribution in [1.29, 1.82) is 0 Å². The zero-order chi connectivity index (χ0) is 19.2. The molecule has 0 bridgehead atoms. The molecule has 3 heterocycles. The van der Waals surface area contributed by atoms with Crippen molar-refractivity contribution in [2.24, 2.45) is 10.1 Å². The van der Waals surface area contributed by atoms with Gasteiger partial charge in [-0.2, -0.15) is 5.10 Å². The second kappa shape index (κ2) is 8.95. The van der Waals surface area contributed by atoms with Crippen LogP contribution in [0.2, 0.25) is 0 Å². The van der Waals surface area contributed by atoms with Gasteiger partial charge in [-0.1, -0.05) is 6.07 Å². The Morgan fingerprint density at radius 3 is 2.93 bits per heavy atom. The van der Waals surface area contributed by atoms with Gasteiger partial charge in [0.25, 0.3) is 0 Å². The monoisotopic (exact) mass is 394 g/mol.